The van der Waals surface area contributed by atoms with E-state index in [2.05, 4.69) is 9.88 Å². The van der Waals surface area contributed by atoms with E-state index in [4.69, 9.17) is 0 Å². The summed E-state index contributed by atoms with van der Waals surface area (Å²) in [5.41, 5.74) is 2.90. The Morgan fingerprint density at radius 1 is 1.24 bits per heavy atom. The van der Waals surface area contributed by atoms with E-state index in [-0.39, 0.29) is 11.7 Å². The first-order valence-electron chi connectivity index (χ1n) is 9.08. The molecular weight excluding hydrogens is 315 g/mol. The molecule has 1 aromatic carbocycles. The van der Waals surface area contributed by atoms with Gasteiger partial charge in [-0.15, -0.1) is 0 Å². The third-order valence-corrected chi connectivity index (χ3v) is 5.75. The number of piperidine rings is 1. The van der Waals surface area contributed by atoms with Crippen LogP contribution in [0.25, 0.3) is 0 Å². The number of carbonyl (C=O) groups is 1. The quantitative estimate of drug-likeness (QED) is 0.847. The van der Waals surface area contributed by atoms with Gasteiger partial charge in [0.2, 0.25) is 5.91 Å². The predicted octanol–water partition coefficient (Wildman–Crippen LogP) is 4.01. The minimum absolute atomic E-state index is 0.143. The first-order chi connectivity index (χ1) is 12.1. The van der Waals surface area contributed by atoms with Gasteiger partial charge in [-0.1, -0.05) is 18.2 Å². The van der Waals surface area contributed by atoms with Gasteiger partial charge in [0.15, 0.2) is 0 Å². The van der Waals surface area contributed by atoms with Crippen molar-refractivity contribution in [2.75, 3.05) is 0 Å². The topological polar surface area (TPSA) is 33.2 Å². The average Bonchev–Trinajstić information content (AvgIpc) is 2.88. The average molecular weight is 338 g/mol. The molecule has 2 bridgehead atoms. The number of nitrogens with zero attached hydrogens (tertiary/aromatic N) is 2. The summed E-state index contributed by atoms with van der Waals surface area (Å²) in [6, 6.07) is 9.94. The van der Waals surface area contributed by atoms with Gasteiger partial charge in [-0.2, -0.15) is 0 Å². The van der Waals surface area contributed by atoms with Crippen LogP contribution in [0.4, 0.5) is 4.39 Å². The highest BCUT2D eigenvalue weighted by Gasteiger charge is 2.43. The van der Waals surface area contributed by atoms with Crippen LogP contribution in [0.1, 0.15) is 48.3 Å². The van der Waals surface area contributed by atoms with Crippen molar-refractivity contribution in [1.29, 1.82) is 0 Å². The molecule has 2 fully saturated rings. The largest absolute Gasteiger partial charge is 0.336 e. The number of carbonyl (C=O) groups excluding carboxylic acids is 1. The van der Waals surface area contributed by atoms with Gasteiger partial charge in [-0.3, -0.25) is 9.78 Å². The van der Waals surface area contributed by atoms with Crippen molar-refractivity contribution in [3.05, 3.63) is 65.2 Å². The fourth-order valence-electron chi connectivity index (χ4n) is 4.55. The zero-order valence-corrected chi connectivity index (χ0v) is 14.5. The van der Waals surface area contributed by atoms with Crippen LogP contribution in [0.2, 0.25) is 0 Å². The van der Waals surface area contributed by atoms with Crippen LogP contribution in [-0.2, 0) is 11.2 Å². The number of rotatable bonds is 3. The SMILES string of the molecule is Cc1cc(C2C[C@H]3CC[C@@H](C2)N3C(=O)Cc2cccnc2)ccc1F. The summed E-state index contributed by atoms with van der Waals surface area (Å²) in [5, 5.41) is 0. The summed E-state index contributed by atoms with van der Waals surface area (Å²) in [5.74, 6) is 0.504. The molecule has 2 aromatic rings. The van der Waals surface area contributed by atoms with Crippen LogP contribution in [0.3, 0.4) is 0 Å². The molecule has 1 aromatic heterocycles. The highest BCUT2D eigenvalue weighted by atomic mass is 19.1. The number of aromatic nitrogens is 1. The number of halogens is 1. The predicted molar refractivity (Wildman–Crippen MR) is 94.7 cm³/mol. The normalized spacial score (nSPS) is 25.2. The van der Waals surface area contributed by atoms with Gasteiger partial charge in [0.25, 0.3) is 0 Å². The van der Waals surface area contributed by atoms with Crippen molar-refractivity contribution in [3.8, 4) is 0 Å². The third-order valence-electron chi connectivity index (χ3n) is 5.75. The van der Waals surface area contributed by atoms with E-state index in [1.54, 1.807) is 18.5 Å². The summed E-state index contributed by atoms with van der Waals surface area (Å²) >= 11 is 0. The molecule has 2 aliphatic heterocycles. The van der Waals surface area contributed by atoms with Crippen molar-refractivity contribution in [1.82, 2.24) is 9.88 Å². The second kappa shape index (κ2) is 6.58. The van der Waals surface area contributed by atoms with E-state index in [0.29, 0.717) is 30.0 Å². The first-order valence-corrected chi connectivity index (χ1v) is 9.08. The zero-order chi connectivity index (χ0) is 17.4. The fourth-order valence-corrected chi connectivity index (χ4v) is 4.55. The molecule has 0 radical (unpaired) electrons. The minimum Gasteiger partial charge on any atom is -0.336 e. The van der Waals surface area contributed by atoms with E-state index >= 15 is 0 Å². The van der Waals surface area contributed by atoms with Crippen molar-refractivity contribution in [2.45, 2.75) is 57.0 Å². The highest BCUT2D eigenvalue weighted by molar-refractivity contribution is 5.79. The Kier molecular flexibility index (Phi) is 4.28. The number of hydrogen-bond donors (Lipinski definition) is 0. The number of benzene rings is 1. The zero-order valence-electron chi connectivity index (χ0n) is 14.5. The second-order valence-corrected chi connectivity index (χ2v) is 7.40. The Bertz CT molecular complexity index is 763. The lowest BCUT2D eigenvalue weighted by Gasteiger charge is -2.39. The van der Waals surface area contributed by atoms with Gasteiger partial charge in [-0.25, -0.2) is 4.39 Å². The molecule has 0 spiro atoms. The maximum absolute atomic E-state index is 13.5. The van der Waals surface area contributed by atoms with E-state index < -0.39 is 0 Å². The number of hydrogen-bond acceptors (Lipinski definition) is 2. The van der Waals surface area contributed by atoms with E-state index in [0.717, 1.165) is 31.2 Å². The van der Waals surface area contributed by atoms with Crippen molar-refractivity contribution in [3.63, 3.8) is 0 Å². The van der Waals surface area contributed by atoms with Crippen molar-refractivity contribution < 1.29 is 9.18 Å². The molecule has 3 nitrogen and oxygen atoms in total. The van der Waals surface area contributed by atoms with Gasteiger partial charge in [0, 0.05) is 24.5 Å². The Balaban J connectivity index is 1.48. The monoisotopic (exact) mass is 338 g/mol. The van der Waals surface area contributed by atoms with Gasteiger partial charge in [-0.05, 0) is 67.3 Å². The van der Waals surface area contributed by atoms with Gasteiger partial charge in [0.1, 0.15) is 5.82 Å². The van der Waals surface area contributed by atoms with Crippen LogP contribution in [0, 0.1) is 12.7 Å². The molecule has 3 atom stereocenters. The summed E-state index contributed by atoms with van der Waals surface area (Å²) in [6.45, 7) is 1.82. The highest BCUT2D eigenvalue weighted by Crippen LogP contribution is 2.43. The van der Waals surface area contributed by atoms with Crippen LogP contribution >= 0.6 is 0 Å². The molecule has 0 N–H and O–H groups in total. The van der Waals surface area contributed by atoms with Crippen molar-refractivity contribution >= 4 is 5.91 Å². The van der Waals surface area contributed by atoms with Gasteiger partial charge in [0.05, 0.1) is 6.42 Å². The Labute approximate surface area is 147 Å². The summed E-state index contributed by atoms with van der Waals surface area (Å²) in [7, 11) is 0. The molecule has 3 heterocycles. The van der Waals surface area contributed by atoms with Crippen molar-refractivity contribution in [2.24, 2.45) is 0 Å². The molecule has 130 valence electrons. The smallest absolute Gasteiger partial charge is 0.227 e. The van der Waals surface area contributed by atoms with Crippen LogP contribution < -0.4 is 0 Å². The number of amides is 1. The number of pyridine rings is 1. The summed E-state index contributed by atoms with van der Waals surface area (Å²) in [6.07, 6.45) is 8.07. The molecule has 4 heteroatoms. The molecule has 0 aliphatic carbocycles. The van der Waals surface area contributed by atoms with Gasteiger partial charge >= 0.3 is 0 Å². The standard InChI is InChI=1S/C21H23FN2O/c1-14-9-16(4-7-20(14)22)17-11-18-5-6-19(12-17)24(18)21(25)10-15-3-2-8-23-13-15/h2-4,7-9,13,17-19H,5-6,10-12H2,1H3/t17?,18-,19+. The maximum atomic E-state index is 13.5. The van der Waals surface area contributed by atoms with E-state index in [9.17, 15) is 9.18 Å². The van der Waals surface area contributed by atoms with E-state index in [1.165, 1.54) is 5.56 Å². The Morgan fingerprint density at radius 3 is 2.64 bits per heavy atom. The lowest BCUT2D eigenvalue weighted by Crippen LogP contribution is -2.46. The lowest BCUT2D eigenvalue weighted by molar-refractivity contribution is -0.135. The lowest BCUT2D eigenvalue weighted by atomic mass is 9.84. The Hall–Kier alpha value is -2.23. The molecule has 0 saturated carbocycles. The second-order valence-electron chi connectivity index (χ2n) is 7.40. The molecule has 25 heavy (non-hydrogen) atoms. The number of aryl methyl sites for hydroxylation is 1. The third kappa shape index (κ3) is 3.17. The van der Waals surface area contributed by atoms with Crippen LogP contribution in [-0.4, -0.2) is 27.9 Å². The van der Waals surface area contributed by atoms with Crippen LogP contribution in [0.15, 0.2) is 42.7 Å². The Morgan fingerprint density at radius 2 is 2.00 bits per heavy atom. The van der Waals surface area contributed by atoms with Gasteiger partial charge < -0.3 is 4.90 Å². The molecule has 1 amide bonds. The molecule has 2 aliphatic rings. The summed E-state index contributed by atoms with van der Waals surface area (Å²) < 4.78 is 13.5. The maximum Gasteiger partial charge on any atom is 0.227 e. The minimum atomic E-state index is -0.143. The fraction of sp³-hybridized carbons (Fsp3) is 0.429. The molecular formula is C21H23FN2O. The van der Waals surface area contributed by atoms with E-state index in [1.807, 2.05) is 31.2 Å². The molecule has 2 saturated heterocycles. The van der Waals surface area contributed by atoms with Crippen LogP contribution in [0.5, 0.6) is 0 Å². The number of fused-ring (bicyclic) bond motifs is 2. The first kappa shape index (κ1) is 16.2. The molecule has 4 rings (SSSR count). The molecule has 1 unspecified atom stereocenters. The summed E-state index contributed by atoms with van der Waals surface area (Å²) in [4.78, 5) is 19.0.